The van der Waals surface area contributed by atoms with Gasteiger partial charge < -0.3 is 10.2 Å². The van der Waals surface area contributed by atoms with Crippen molar-refractivity contribution in [2.45, 2.75) is 24.8 Å². The van der Waals surface area contributed by atoms with Crippen LogP contribution in [0.4, 0.5) is 10.1 Å². The van der Waals surface area contributed by atoms with Gasteiger partial charge in [0.2, 0.25) is 15.9 Å². The number of hydrogen-bond donors (Lipinski definition) is 1. The van der Waals surface area contributed by atoms with Gasteiger partial charge in [0.25, 0.3) is 5.91 Å². The maximum Gasteiger partial charge on any atom is 0.255 e. The summed E-state index contributed by atoms with van der Waals surface area (Å²) in [5.74, 6) is -1.37. The van der Waals surface area contributed by atoms with Gasteiger partial charge in [-0.05, 0) is 48.0 Å². The molecule has 182 valence electrons. The number of sulfonamides is 1. The van der Waals surface area contributed by atoms with Crippen LogP contribution in [-0.2, 0) is 14.8 Å². The van der Waals surface area contributed by atoms with Crippen molar-refractivity contribution in [3.05, 3.63) is 95.3 Å². The van der Waals surface area contributed by atoms with E-state index < -0.39 is 33.7 Å². The van der Waals surface area contributed by atoms with Crippen molar-refractivity contribution in [1.82, 2.24) is 9.21 Å². The second kappa shape index (κ2) is 9.97. The molecule has 3 aromatic rings. The van der Waals surface area contributed by atoms with Crippen LogP contribution in [0.25, 0.3) is 0 Å². The van der Waals surface area contributed by atoms with E-state index in [2.05, 4.69) is 5.32 Å². The number of hydrogen-bond acceptors (Lipinski definition) is 4. The molecule has 35 heavy (non-hydrogen) atoms. The summed E-state index contributed by atoms with van der Waals surface area (Å²) in [4.78, 5) is 27.8. The minimum atomic E-state index is -3.68. The molecule has 0 aromatic heterocycles. The number of amides is 2. The van der Waals surface area contributed by atoms with Crippen LogP contribution in [0.1, 0.15) is 41.4 Å². The predicted octanol–water partition coefficient (Wildman–Crippen LogP) is 4.04. The van der Waals surface area contributed by atoms with Crippen LogP contribution < -0.4 is 5.32 Å². The van der Waals surface area contributed by atoms with E-state index in [9.17, 15) is 22.4 Å². The van der Waals surface area contributed by atoms with E-state index in [1.54, 1.807) is 13.8 Å². The van der Waals surface area contributed by atoms with E-state index >= 15 is 0 Å². The van der Waals surface area contributed by atoms with Gasteiger partial charge in [0.15, 0.2) is 0 Å². The average molecular weight is 496 g/mol. The molecule has 1 aliphatic heterocycles. The molecule has 0 saturated carbocycles. The van der Waals surface area contributed by atoms with Gasteiger partial charge in [-0.3, -0.25) is 9.59 Å². The summed E-state index contributed by atoms with van der Waals surface area (Å²) in [5, 5.41) is 2.76. The van der Waals surface area contributed by atoms with Crippen molar-refractivity contribution < 1.29 is 22.4 Å². The Morgan fingerprint density at radius 2 is 1.69 bits per heavy atom. The SMILES string of the molecule is CCN(CC)S(=O)(=O)c1ccc(C(=O)N2CC(=O)Nc3ccc(F)cc3[C@H]2c2ccccc2)cc1. The quantitative estimate of drug-likeness (QED) is 0.559. The van der Waals surface area contributed by atoms with Crippen molar-refractivity contribution in [2.24, 2.45) is 0 Å². The van der Waals surface area contributed by atoms with Crippen LogP contribution >= 0.6 is 0 Å². The van der Waals surface area contributed by atoms with Crippen LogP contribution in [-0.4, -0.2) is 49.1 Å². The minimum Gasteiger partial charge on any atom is -0.324 e. The Bertz CT molecular complexity index is 1340. The first-order valence-electron chi connectivity index (χ1n) is 11.3. The van der Waals surface area contributed by atoms with Crippen LogP contribution in [0.2, 0.25) is 0 Å². The topological polar surface area (TPSA) is 86.8 Å². The molecule has 1 N–H and O–H groups in total. The summed E-state index contributed by atoms with van der Waals surface area (Å²) in [6, 6.07) is 18.1. The van der Waals surface area contributed by atoms with Crippen molar-refractivity contribution in [2.75, 3.05) is 25.0 Å². The highest BCUT2D eigenvalue weighted by molar-refractivity contribution is 7.89. The number of anilines is 1. The van der Waals surface area contributed by atoms with Crippen molar-refractivity contribution in [1.29, 1.82) is 0 Å². The first kappa shape index (κ1) is 24.6. The smallest absolute Gasteiger partial charge is 0.255 e. The Labute approximate surface area is 204 Å². The third-order valence-corrected chi connectivity index (χ3v) is 8.09. The molecule has 4 rings (SSSR count). The second-order valence-electron chi connectivity index (χ2n) is 8.14. The fraction of sp³-hybridized carbons (Fsp3) is 0.231. The van der Waals surface area contributed by atoms with Gasteiger partial charge >= 0.3 is 0 Å². The number of carbonyl (C=O) groups excluding carboxylic acids is 2. The summed E-state index contributed by atoms with van der Waals surface area (Å²) >= 11 is 0. The highest BCUT2D eigenvalue weighted by atomic mass is 32.2. The Kier molecular flexibility index (Phi) is 7.00. The maximum atomic E-state index is 14.3. The lowest BCUT2D eigenvalue weighted by molar-refractivity contribution is -0.117. The monoisotopic (exact) mass is 495 g/mol. The molecule has 7 nitrogen and oxygen atoms in total. The lowest BCUT2D eigenvalue weighted by Crippen LogP contribution is -2.39. The highest BCUT2D eigenvalue weighted by Gasteiger charge is 2.34. The van der Waals surface area contributed by atoms with Gasteiger partial charge in [-0.25, -0.2) is 12.8 Å². The summed E-state index contributed by atoms with van der Waals surface area (Å²) < 4.78 is 41.2. The normalized spacial score (nSPS) is 15.9. The number of carbonyl (C=O) groups is 2. The number of benzene rings is 3. The molecule has 1 aliphatic rings. The molecule has 0 aliphatic carbocycles. The first-order chi connectivity index (χ1) is 16.8. The van der Waals surface area contributed by atoms with Crippen molar-refractivity contribution in [3.8, 4) is 0 Å². The van der Waals surface area contributed by atoms with Gasteiger partial charge in [-0.2, -0.15) is 4.31 Å². The van der Waals surface area contributed by atoms with Gasteiger partial charge in [0.05, 0.1) is 10.9 Å². The van der Waals surface area contributed by atoms with E-state index in [-0.39, 0.29) is 17.0 Å². The lowest BCUT2D eigenvalue weighted by Gasteiger charge is -2.30. The van der Waals surface area contributed by atoms with E-state index in [0.29, 0.717) is 29.9 Å². The van der Waals surface area contributed by atoms with E-state index in [1.807, 2.05) is 30.3 Å². The van der Waals surface area contributed by atoms with Crippen LogP contribution in [0.15, 0.2) is 77.7 Å². The van der Waals surface area contributed by atoms with Gasteiger partial charge in [0, 0.05) is 29.9 Å². The highest BCUT2D eigenvalue weighted by Crippen LogP contribution is 2.37. The molecular formula is C26H26FN3O4S. The number of nitrogens with zero attached hydrogens (tertiary/aromatic N) is 2. The Morgan fingerprint density at radius 3 is 2.31 bits per heavy atom. The number of fused-ring (bicyclic) bond motifs is 1. The number of halogens is 1. The minimum absolute atomic E-state index is 0.0818. The fourth-order valence-corrected chi connectivity index (χ4v) is 5.77. The van der Waals surface area contributed by atoms with Crippen molar-refractivity contribution >= 4 is 27.5 Å². The Balaban J connectivity index is 1.77. The molecule has 0 radical (unpaired) electrons. The summed E-state index contributed by atoms with van der Waals surface area (Å²) in [7, 11) is -3.68. The predicted molar refractivity (Wildman–Crippen MR) is 131 cm³/mol. The number of nitrogens with one attached hydrogen (secondary N) is 1. The third kappa shape index (κ3) is 4.82. The van der Waals surface area contributed by atoms with E-state index in [4.69, 9.17) is 0 Å². The summed E-state index contributed by atoms with van der Waals surface area (Å²) in [6.07, 6.45) is 0. The van der Waals surface area contributed by atoms with Gasteiger partial charge in [-0.15, -0.1) is 0 Å². The molecule has 0 saturated heterocycles. The molecule has 3 aromatic carbocycles. The molecule has 9 heteroatoms. The van der Waals surface area contributed by atoms with Crippen LogP contribution in [0.5, 0.6) is 0 Å². The summed E-state index contributed by atoms with van der Waals surface area (Å²) in [5.41, 5.74) is 1.82. The average Bonchev–Trinajstić information content (AvgIpc) is 3.00. The van der Waals surface area contributed by atoms with Crippen LogP contribution in [0, 0.1) is 5.82 Å². The number of rotatable bonds is 6. The molecule has 1 heterocycles. The standard InChI is InChI=1S/C26H26FN3O4S/c1-3-29(4-2)35(33,34)21-13-10-19(11-14-21)26(32)30-17-24(31)28-23-15-12-20(27)16-22(23)25(30)18-8-6-5-7-9-18/h5-16,25H,3-4,17H2,1-2H3,(H,28,31)/t25-/m1/s1. The summed E-state index contributed by atoms with van der Waals surface area (Å²) in [6.45, 7) is 3.92. The zero-order valence-electron chi connectivity index (χ0n) is 19.4. The second-order valence-corrected chi connectivity index (χ2v) is 10.1. The first-order valence-corrected chi connectivity index (χ1v) is 12.8. The third-order valence-electron chi connectivity index (χ3n) is 6.03. The zero-order valence-corrected chi connectivity index (χ0v) is 20.3. The molecule has 0 bridgehead atoms. The molecule has 2 amide bonds. The fourth-order valence-electron chi connectivity index (χ4n) is 4.31. The Hall–Kier alpha value is -3.56. The largest absolute Gasteiger partial charge is 0.324 e. The van der Waals surface area contributed by atoms with E-state index in [1.165, 1.54) is 51.7 Å². The van der Waals surface area contributed by atoms with E-state index in [0.717, 1.165) is 0 Å². The molecule has 0 unspecified atom stereocenters. The maximum absolute atomic E-state index is 14.3. The molecule has 0 fully saturated rings. The molecule has 1 atom stereocenters. The van der Waals surface area contributed by atoms with Crippen molar-refractivity contribution in [3.63, 3.8) is 0 Å². The van der Waals surface area contributed by atoms with Gasteiger partial charge in [0.1, 0.15) is 12.4 Å². The van der Waals surface area contributed by atoms with Gasteiger partial charge in [-0.1, -0.05) is 44.2 Å². The van der Waals surface area contributed by atoms with Crippen LogP contribution in [0.3, 0.4) is 0 Å². The molecule has 0 spiro atoms. The Morgan fingerprint density at radius 1 is 1.03 bits per heavy atom. The molecular weight excluding hydrogens is 469 g/mol. The zero-order chi connectivity index (χ0) is 25.2. The lowest BCUT2D eigenvalue weighted by atomic mass is 9.95.